The summed E-state index contributed by atoms with van der Waals surface area (Å²) < 4.78 is 6.71. The minimum absolute atomic E-state index is 0.314. The van der Waals surface area contributed by atoms with E-state index in [0.29, 0.717) is 17.5 Å². The molecule has 0 spiro atoms. The van der Waals surface area contributed by atoms with Gasteiger partial charge in [0.15, 0.2) is 0 Å². The van der Waals surface area contributed by atoms with Crippen LogP contribution in [0, 0.1) is 5.92 Å². The van der Waals surface area contributed by atoms with Crippen molar-refractivity contribution < 1.29 is 4.74 Å². The second-order valence-corrected chi connectivity index (χ2v) is 6.43. The number of para-hydroxylation sites is 1. The molecule has 0 aliphatic carbocycles. The predicted molar refractivity (Wildman–Crippen MR) is 88.5 cm³/mol. The molecule has 0 fully saturated rings. The van der Waals surface area contributed by atoms with Gasteiger partial charge in [-0.15, -0.1) is 0 Å². The second kappa shape index (κ2) is 5.04. The van der Waals surface area contributed by atoms with E-state index in [-0.39, 0.29) is 0 Å². The molecule has 2 heterocycles. The summed E-state index contributed by atoms with van der Waals surface area (Å²) in [5.41, 5.74) is 3.25. The standard InChI is InChI=1S/C16H12BrClN2O/c17-13-7-11(5-6-14(13)18)20-8-10-9-21-15-4-2-1-3-12(15)16(10)19-20/h1-7,10H,8-9H2. The van der Waals surface area contributed by atoms with Crippen molar-refractivity contribution in [1.82, 2.24) is 0 Å². The van der Waals surface area contributed by atoms with E-state index in [1.54, 1.807) is 0 Å². The summed E-state index contributed by atoms with van der Waals surface area (Å²) >= 11 is 9.52. The lowest BCUT2D eigenvalue weighted by Crippen LogP contribution is -2.29. The first-order valence-electron chi connectivity index (χ1n) is 6.75. The van der Waals surface area contributed by atoms with Gasteiger partial charge in [0, 0.05) is 10.0 Å². The highest BCUT2D eigenvalue weighted by molar-refractivity contribution is 9.10. The van der Waals surface area contributed by atoms with Gasteiger partial charge in [0.1, 0.15) is 5.75 Å². The van der Waals surface area contributed by atoms with Crippen LogP contribution in [-0.4, -0.2) is 18.9 Å². The lowest BCUT2D eigenvalue weighted by atomic mass is 9.95. The zero-order valence-electron chi connectivity index (χ0n) is 11.1. The van der Waals surface area contributed by atoms with Gasteiger partial charge in [0.05, 0.1) is 35.5 Å². The molecule has 0 aromatic heterocycles. The van der Waals surface area contributed by atoms with Crippen LogP contribution in [0.2, 0.25) is 5.02 Å². The van der Waals surface area contributed by atoms with Gasteiger partial charge >= 0.3 is 0 Å². The van der Waals surface area contributed by atoms with Crippen LogP contribution < -0.4 is 9.75 Å². The van der Waals surface area contributed by atoms with Gasteiger partial charge in [0.2, 0.25) is 0 Å². The van der Waals surface area contributed by atoms with Crippen LogP contribution in [0.1, 0.15) is 5.56 Å². The Morgan fingerprint density at radius 3 is 2.95 bits per heavy atom. The number of ether oxygens (including phenoxy) is 1. The third-order valence-electron chi connectivity index (χ3n) is 3.81. The average Bonchev–Trinajstić information content (AvgIpc) is 2.94. The molecule has 2 aliphatic rings. The lowest BCUT2D eigenvalue weighted by molar-refractivity contribution is 0.280. The number of hydrogen-bond acceptors (Lipinski definition) is 3. The van der Waals surface area contributed by atoms with Crippen molar-refractivity contribution >= 4 is 38.9 Å². The maximum Gasteiger partial charge on any atom is 0.128 e. The molecule has 2 aromatic rings. The Morgan fingerprint density at radius 2 is 2.10 bits per heavy atom. The summed E-state index contributed by atoms with van der Waals surface area (Å²) in [4.78, 5) is 0. The molecule has 21 heavy (non-hydrogen) atoms. The average molecular weight is 364 g/mol. The fraction of sp³-hybridized carbons (Fsp3) is 0.188. The van der Waals surface area contributed by atoms with E-state index in [2.05, 4.69) is 22.0 Å². The highest BCUT2D eigenvalue weighted by atomic mass is 79.9. The van der Waals surface area contributed by atoms with Crippen LogP contribution in [0.15, 0.2) is 52.0 Å². The molecule has 106 valence electrons. The minimum Gasteiger partial charge on any atom is -0.492 e. The molecule has 3 nitrogen and oxygen atoms in total. The summed E-state index contributed by atoms with van der Waals surface area (Å²) in [6.45, 7) is 1.51. The largest absolute Gasteiger partial charge is 0.492 e. The van der Waals surface area contributed by atoms with E-state index in [0.717, 1.165) is 33.7 Å². The van der Waals surface area contributed by atoms with Crippen LogP contribution in [0.3, 0.4) is 0 Å². The van der Waals surface area contributed by atoms with Crippen LogP contribution in [0.5, 0.6) is 5.75 Å². The Kier molecular flexibility index (Phi) is 3.16. The van der Waals surface area contributed by atoms with E-state index < -0.39 is 0 Å². The van der Waals surface area contributed by atoms with Gasteiger partial charge < -0.3 is 4.74 Å². The van der Waals surface area contributed by atoms with E-state index >= 15 is 0 Å². The first-order valence-corrected chi connectivity index (χ1v) is 7.93. The summed E-state index contributed by atoms with van der Waals surface area (Å²) in [5, 5.41) is 7.52. The van der Waals surface area contributed by atoms with E-state index in [1.807, 2.05) is 41.4 Å². The predicted octanol–water partition coefficient (Wildman–Crippen LogP) is 4.34. The van der Waals surface area contributed by atoms with E-state index in [4.69, 9.17) is 21.4 Å². The number of hydrazone groups is 1. The van der Waals surface area contributed by atoms with E-state index in [1.165, 1.54) is 0 Å². The summed E-state index contributed by atoms with van der Waals surface area (Å²) in [6.07, 6.45) is 0. The van der Waals surface area contributed by atoms with Crippen molar-refractivity contribution in [2.24, 2.45) is 11.0 Å². The quantitative estimate of drug-likeness (QED) is 0.753. The zero-order chi connectivity index (χ0) is 14.4. The second-order valence-electron chi connectivity index (χ2n) is 5.17. The molecule has 0 bridgehead atoms. The minimum atomic E-state index is 0.314. The van der Waals surface area contributed by atoms with Gasteiger partial charge in [-0.2, -0.15) is 5.10 Å². The topological polar surface area (TPSA) is 24.8 Å². The molecule has 0 N–H and O–H groups in total. The molecule has 2 aromatic carbocycles. The number of halogens is 2. The molecular formula is C16H12BrClN2O. The number of fused-ring (bicyclic) bond motifs is 3. The molecule has 1 atom stereocenters. The monoisotopic (exact) mass is 362 g/mol. The molecule has 0 amide bonds. The Balaban J connectivity index is 1.73. The summed E-state index contributed by atoms with van der Waals surface area (Å²) in [5.74, 6) is 1.24. The molecular weight excluding hydrogens is 352 g/mol. The maximum absolute atomic E-state index is 6.05. The van der Waals surface area contributed by atoms with Crippen molar-refractivity contribution in [2.45, 2.75) is 0 Å². The SMILES string of the molecule is Clc1ccc(N2CC3COc4ccccc4C3=N2)cc1Br. The first-order chi connectivity index (χ1) is 10.2. The number of benzene rings is 2. The molecule has 4 rings (SSSR count). The van der Waals surface area contributed by atoms with Crippen LogP contribution >= 0.6 is 27.5 Å². The molecule has 5 heteroatoms. The van der Waals surface area contributed by atoms with Crippen molar-refractivity contribution in [2.75, 3.05) is 18.2 Å². The van der Waals surface area contributed by atoms with Crippen LogP contribution in [0.25, 0.3) is 0 Å². The maximum atomic E-state index is 6.05. The molecule has 2 aliphatic heterocycles. The molecule has 0 radical (unpaired) electrons. The molecule has 0 saturated heterocycles. The van der Waals surface area contributed by atoms with E-state index in [9.17, 15) is 0 Å². The van der Waals surface area contributed by atoms with Crippen molar-refractivity contribution in [3.8, 4) is 5.75 Å². The number of hydrogen-bond donors (Lipinski definition) is 0. The first kappa shape index (κ1) is 13.2. The van der Waals surface area contributed by atoms with Crippen molar-refractivity contribution in [1.29, 1.82) is 0 Å². The fourth-order valence-corrected chi connectivity index (χ4v) is 3.24. The van der Waals surface area contributed by atoms with Gasteiger partial charge in [-0.05, 0) is 46.3 Å². The highest BCUT2D eigenvalue weighted by Crippen LogP contribution is 2.35. The van der Waals surface area contributed by atoms with Crippen LogP contribution in [-0.2, 0) is 0 Å². The fourth-order valence-electron chi connectivity index (χ4n) is 2.76. The summed E-state index contributed by atoms with van der Waals surface area (Å²) in [7, 11) is 0. The smallest absolute Gasteiger partial charge is 0.128 e. The third kappa shape index (κ3) is 2.23. The van der Waals surface area contributed by atoms with Crippen molar-refractivity contribution in [3.05, 3.63) is 57.5 Å². The van der Waals surface area contributed by atoms with Gasteiger partial charge in [-0.25, -0.2) is 0 Å². The highest BCUT2D eigenvalue weighted by Gasteiger charge is 2.34. The van der Waals surface area contributed by atoms with Gasteiger partial charge in [-0.1, -0.05) is 23.7 Å². The number of anilines is 1. The van der Waals surface area contributed by atoms with Crippen molar-refractivity contribution in [3.63, 3.8) is 0 Å². The van der Waals surface area contributed by atoms with Gasteiger partial charge in [0.25, 0.3) is 0 Å². The number of nitrogens with zero attached hydrogens (tertiary/aromatic N) is 2. The summed E-state index contributed by atoms with van der Waals surface area (Å²) in [6, 6.07) is 13.9. The Morgan fingerprint density at radius 1 is 1.24 bits per heavy atom. The lowest BCUT2D eigenvalue weighted by Gasteiger charge is -2.22. The molecule has 1 unspecified atom stereocenters. The third-order valence-corrected chi connectivity index (χ3v) is 5.03. The molecule has 0 saturated carbocycles. The number of rotatable bonds is 1. The van der Waals surface area contributed by atoms with Gasteiger partial charge in [-0.3, -0.25) is 5.01 Å². The zero-order valence-corrected chi connectivity index (χ0v) is 13.4. The Labute approximate surface area is 136 Å². The Bertz CT molecular complexity index is 747. The normalized spacial score (nSPS) is 19.6. The van der Waals surface area contributed by atoms with Crippen LogP contribution in [0.4, 0.5) is 5.69 Å². The Hall–Kier alpha value is -1.52.